The molecule has 0 aliphatic rings. The number of aliphatic hydroxyl groups is 1. The van der Waals surface area contributed by atoms with Gasteiger partial charge in [0.25, 0.3) is 0 Å². The number of anilines is 2. The molecule has 0 saturated carbocycles. The lowest BCUT2D eigenvalue weighted by atomic mass is 10.1. The van der Waals surface area contributed by atoms with Gasteiger partial charge in [-0.25, -0.2) is 15.0 Å². The van der Waals surface area contributed by atoms with Gasteiger partial charge < -0.3 is 14.4 Å². The molecule has 0 atom stereocenters. The first-order chi connectivity index (χ1) is 12.2. The highest BCUT2D eigenvalue weighted by Gasteiger charge is 2.15. The lowest BCUT2D eigenvalue weighted by molar-refractivity contribution is 0.248. The summed E-state index contributed by atoms with van der Waals surface area (Å²) in [5.74, 6) is 2.03. The summed E-state index contributed by atoms with van der Waals surface area (Å²) in [6, 6.07) is 9.52. The maximum absolute atomic E-state index is 9.19. The highest BCUT2D eigenvalue weighted by Crippen LogP contribution is 2.33. The fraction of sp³-hybridized carbons (Fsp3) is 0.167. The Bertz CT molecular complexity index is 1040. The summed E-state index contributed by atoms with van der Waals surface area (Å²) in [6.07, 6.45) is 1.56. The number of hydrogen-bond donors (Lipinski definition) is 1. The van der Waals surface area contributed by atoms with Gasteiger partial charge in [-0.2, -0.15) is 0 Å². The molecule has 0 unspecified atom stereocenters. The summed E-state index contributed by atoms with van der Waals surface area (Å²) in [5.41, 5.74) is 2.74. The average Bonchev–Trinajstić information content (AvgIpc) is 3.29. The van der Waals surface area contributed by atoms with Crippen molar-refractivity contribution in [2.75, 3.05) is 11.9 Å². The van der Waals surface area contributed by atoms with Crippen molar-refractivity contribution in [3.63, 3.8) is 0 Å². The zero-order valence-electron chi connectivity index (χ0n) is 13.8. The minimum Gasteiger partial charge on any atom is -0.459 e. The normalized spacial score (nSPS) is 11.2. The van der Waals surface area contributed by atoms with E-state index in [0.29, 0.717) is 11.5 Å². The van der Waals surface area contributed by atoms with Crippen LogP contribution in [0.1, 0.15) is 11.5 Å². The third-order valence-electron chi connectivity index (χ3n) is 3.93. The number of aromatic nitrogens is 3. The number of furan rings is 1. The van der Waals surface area contributed by atoms with E-state index in [-0.39, 0.29) is 6.61 Å². The van der Waals surface area contributed by atoms with Gasteiger partial charge in [0.2, 0.25) is 0 Å². The molecule has 25 heavy (non-hydrogen) atoms. The SMILES string of the molecule is Cc1csc(N(C)c2ncnc3ccc(-c4ccc(CO)o4)cc23)n1. The second kappa shape index (κ2) is 6.27. The molecule has 1 aromatic carbocycles. The molecule has 4 aromatic rings. The Morgan fingerprint density at radius 3 is 2.80 bits per heavy atom. The monoisotopic (exact) mass is 352 g/mol. The molecular weight excluding hydrogens is 336 g/mol. The first-order valence-corrected chi connectivity index (χ1v) is 8.64. The van der Waals surface area contributed by atoms with Crippen LogP contribution in [0, 0.1) is 6.92 Å². The molecule has 3 heterocycles. The molecule has 0 aliphatic heterocycles. The van der Waals surface area contributed by atoms with Crippen molar-refractivity contribution < 1.29 is 9.52 Å². The van der Waals surface area contributed by atoms with Gasteiger partial charge in [0.05, 0.1) is 11.2 Å². The molecule has 0 radical (unpaired) electrons. The van der Waals surface area contributed by atoms with Gasteiger partial charge in [0.15, 0.2) is 5.13 Å². The predicted octanol–water partition coefficient (Wildman–Crippen LogP) is 3.91. The van der Waals surface area contributed by atoms with E-state index in [1.54, 1.807) is 23.7 Å². The number of rotatable bonds is 4. The van der Waals surface area contributed by atoms with Crippen LogP contribution in [-0.4, -0.2) is 27.1 Å². The van der Waals surface area contributed by atoms with Crippen LogP contribution in [0.5, 0.6) is 0 Å². The van der Waals surface area contributed by atoms with Crippen molar-refractivity contribution >= 4 is 33.2 Å². The van der Waals surface area contributed by atoms with Crippen LogP contribution < -0.4 is 4.90 Å². The van der Waals surface area contributed by atoms with Gasteiger partial charge >= 0.3 is 0 Å². The molecule has 6 nitrogen and oxygen atoms in total. The van der Waals surface area contributed by atoms with E-state index in [4.69, 9.17) is 4.42 Å². The lowest BCUT2D eigenvalue weighted by Crippen LogP contribution is -2.11. The maximum atomic E-state index is 9.19. The molecule has 0 saturated heterocycles. The Kier molecular flexibility index (Phi) is 3.95. The fourth-order valence-corrected chi connectivity index (χ4v) is 3.44. The molecule has 0 fully saturated rings. The van der Waals surface area contributed by atoms with Crippen molar-refractivity contribution in [1.82, 2.24) is 15.0 Å². The van der Waals surface area contributed by atoms with Gasteiger partial charge in [-0.3, -0.25) is 0 Å². The maximum Gasteiger partial charge on any atom is 0.190 e. The predicted molar refractivity (Wildman–Crippen MR) is 98.1 cm³/mol. The first kappa shape index (κ1) is 15.7. The number of nitrogens with zero attached hydrogens (tertiary/aromatic N) is 4. The van der Waals surface area contributed by atoms with Crippen LogP contribution in [-0.2, 0) is 6.61 Å². The number of aliphatic hydroxyl groups excluding tert-OH is 1. The summed E-state index contributed by atoms with van der Waals surface area (Å²) in [6.45, 7) is 1.85. The number of hydrogen-bond acceptors (Lipinski definition) is 7. The van der Waals surface area contributed by atoms with Crippen LogP contribution in [0.15, 0.2) is 46.5 Å². The third kappa shape index (κ3) is 2.88. The standard InChI is InChI=1S/C18H16N4O2S/c1-11-9-25-18(21-11)22(2)17-14-7-12(3-5-15(14)19-10-20-17)16-6-4-13(8-23)24-16/h3-7,9-10,23H,8H2,1-2H3. The van der Waals surface area contributed by atoms with Gasteiger partial charge in [0, 0.05) is 23.4 Å². The third-order valence-corrected chi connectivity index (χ3v) is 4.96. The van der Waals surface area contributed by atoms with Gasteiger partial charge in [-0.1, -0.05) is 0 Å². The van der Waals surface area contributed by atoms with E-state index in [0.717, 1.165) is 33.1 Å². The zero-order chi connectivity index (χ0) is 17.4. The molecule has 4 rings (SSSR count). The molecular formula is C18H16N4O2S. The Morgan fingerprint density at radius 2 is 2.08 bits per heavy atom. The zero-order valence-corrected chi connectivity index (χ0v) is 14.6. The van der Waals surface area contributed by atoms with Gasteiger partial charge in [-0.15, -0.1) is 11.3 Å². The van der Waals surface area contributed by atoms with Crippen LogP contribution in [0.3, 0.4) is 0 Å². The smallest absolute Gasteiger partial charge is 0.190 e. The van der Waals surface area contributed by atoms with Crippen molar-refractivity contribution in [1.29, 1.82) is 0 Å². The highest BCUT2D eigenvalue weighted by atomic mass is 32.1. The minimum absolute atomic E-state index is 0.117. The molecule has 0 aliphatic carbocycles. The summed E-state index contributed by atoms with van der Waals surface area (Å²) in [7, 11) is 1.95. The highest BCUT2D eigenvalue weighted by molar-refractivity contribution is 7.13. The van der Waals surface area contributed by atoms with Crippen molar-refractivity contribution in [3.05, 3.63) is 53.5 Å². The van der Waals surface area contributed by atoms with E-state index in [1.165, 1.54) is 0 Å². The number of aryl methyl sites for hydroxylation is 1. The molecule has 0 amide bonds. The largest absolute Gasteiger partial charge is 0.459 e. The van der Waals surface area contributed by atoms with Gasteiger partial charge in [0.1, 0.15) is 30.3 Å². The van der Waals surface area contributed by atoms with E-state index >= 15 is 0 Å². The van der Waals surface area contributed by atoms with Crippen LogP contribution in [0.25, 0.3) is 22.2 Å². The number of benzene rings is 1. The quantitative estimate of drug-likeness (QED) is 0.600. The fourth-order valence-electron chi connectivity index (χ4n) is 2.67. The minimum atomic E-state index is -0.117. The summed E-state index contributed by atoms with van der Waals surface area (Å²) < 4.78 is 5.64. The first-order valence-electron chi connectivity index (χ1n) is 7.76. The van der Waals surface area contributed by atoms with Crippen molar-refractivity contribution in [2.45, 2.75) is 13.5 Å². The van der Waals surface area contributed by atoms with E-state index in [1.807, 2.05) is 48.5 Å². The van der Waals surface area contributed by atoms with Crippen LogP contribution >= 0.6 is 11.3 Å². The molecule has 3 aromatic heterocycles. The Balaban J connectivity index is 1.83. The van der Waals surface area contributed by atoms with Crippen LogP contribution in [0.4, 0.5) is 10.9 Å². The topological polar surface area (TPSA) is 75.3 Å². The lowest BCUT2D eigenvalue weighted by Gasteiger charge is -2.16. The van der Waals surface area contributed by atoms with Crippen LogP contribution in [0.2, 0.25) is 0 Å². The van der Waals surface area contributed by atoms with E-state index in [9.17, 15) is 5.11 Å². The molecule has 0 spiro atoms. The van der Waals surface area contributed by atoms with Crippen molar-refractivity contribution in [2.24, 2.45) is 0 Å². The Hall–Kier alpha value is -2.77. The Labute approximate surface area is 148 Å². The van der Waals surface area contributed by atoms with E-state index in [2.05, 4.69) is 15.0 Å². The molecule has 0 bridgehead atoms. The Morgan fingerprint density at radius 1 is 1.20 bits per heavy atom. The number of thiazole rings is 1. The summed E-state index contributed by atoms with van der Waals surface area (Å²) >= 11 is 1.58. The molecule has 7 heteroatoms. The second-order valence-corrected chi connectivity index (χ2v) is 6.52. The van der Waals surface area contributed by atoms with Gasteiger partial charge in [-0.05, 0) is 37.3 Å². The second-order valence-electron chi connectivity index (χ2n) is 5.68. The number of fused-ring (bicyclic) bond motifs is 1. The molecule has 1 N–H and O–H groups in total. The molecule has 126 valence electrons. The summed E-state index contributed by atoms with van der Waals surface area (Å²) in [4.78, 5) is 15.3. The van der Waals surface area contributed by atoms with E-state index < -0.39 is 0 Å². The average molecular weight is 352 g/mol. The van der Waals surface area contributed by atoms with Crippen molar-refractivity contribution in [3.8, 4) is 11.3 Å². The summed E-state index contributed by atoms with van der Waals surface area (Å²) in [5, 5.41) is 13.0.